The van der Waals surface area contributed by atoms with Crippen molar-refractivity contribution in [2.24, 2.45) is 5.92 Å². The predicted molar refractivity (Wildman–Crippen MR) is 469 cm³/mol. The number of hydrogen-bond acceptors (Lipinski definition) is 34. The van der Waals surface area contributed by atoms with Crippen molar-refractivity contribution in [1.82, 2.24) is 30.7 Å². The number of rotatable bonds is 52. The first-order valence-electron chi connectivity index (χ1n) is 44.0. The lowest BCUT2D eigenvalue weighted by molar-refractivity contribution is -0.387. The molecule has 6 aliphatic rings. The van der Waals surface area contributed by atoms with Crippen LogP contribution in [0.3, 0.4) is 0 Å². The second kappa shape index (κ2) is 50.8. The molecular weight excluding hydrogens is 1780 g/mol. The average Bonchev–Trinajstić information content (AvgIpc) is 1.61. The summed E-state index contributed by atoms with van der Waals surface area (Å²) in [7, 11) is 2.70. The van der Waals surface area contributed by atoms with Crippen molar-refractivity contribution in [2.75, 3.05) is 161 Å². The van der Waals surface area contributed by atoms with E-state index in [9.17, 15) is 93.5 Å². The van der Waals surface area contributed by atoms with Gasteiger partial charge in [0.1, 0.15) is 56.8 Å². The van der Waals surface area contributed by atoms with Crippen molar-refractivity contribution in [3.63, 3.8) is 0 Å². The summed E-state index contributed by atoms with van der Waals surface area (Å²) in [6, 6.07) is 18.2. The number of nitrogens with one attached hydrogen (secondary N) is 4. The fourth-order valence-corrected chi connectivity index (χ4v) is 15.3. The lowest BCUT2D eigenvalue weighted by atomic mass is 9.99. The summed E-state index contributed by atoms with van der Waals surface area (Å²) in [5, 5.41) is 87.7. The number of carboxylic acid groups (broad SMARTS) is 1. The largest absolute Gasteiger partial charge is 0.493 e. The number of aliphatic hydroxyl groups is 5. The molecular formula is C90H114N10O35. The number of nitro benzene ring substituents is 1. The summed E-state index contributed by atoms with van der Waals surface area (Å²) in [4.78, 5) is 162. The van der Waals surface area contributed by atoms with E-state index >= 15 is 0 Å². The number of anilines is 3. The highest BCUT2D eigenvalue weighted by atomic mass is 16.7. The fourth-order valence-electron chi connectivity index (χ4n) is 15.3. The molecule has 45 heteroatoms. The molecule has 0 saturated carbocycles. The van der Waals surface area contributed by atoms with E-state index in [0.717, 1.165) is 26.8 Å². The number of nitrogens with zero attached hydrogens (tertiary/aromatic N) is 6. The number of ether oxygens (including phenoxy) is 16. The molecule has 5 aromatic rings. The second-order valence-electron chi connectivity index (χ2n) is 32.1. The monoisotopic (exact) mass is 1890 g/mol. The summed E-state index contributed by atoms with van der Waals surface area (Å²) in [6.45, 7) is 9.62. The zero-order valence-corrected chi connectivity index (χ0v) is 75.2. The molecule has 0 aliphatic carbocycles. The number of hydrogen-bond donors (Lipinski definition) is 10. The highest BCUT2D eigenvalue weighted by Gasteiger charge is 2.51. The van der Waals surface area contributed by atoms with E-state index in [2.05, 4.69) is 21.3 Å². The maximum absolute atomic E-state index is 14.5. The zero-order valence-electron chi connectivity index (χ0n) is 75.2. The maximum atomic E-state index is 14.5. The molecule has 6 aliphatic heterocycles. The van der Waals surface area contributed by atoms with Gasteiger partial charge in [-0.25, -0.2) is 24.2 Å². The van der Waals surface area contributed by atoms with Gasteiger partial charge in [-0.15, -0.1) is 0 Å². The van der Waals surface area contributed by atoms with Gasteiger partial charge in [0.05, 0.1) is 159 Å². The topological polar surface area (TPSA) is 564 Å². The average molecular weight is 1900 g/mol. The van der Waals surface area contributed by atoms with Crippen LogP contribution in [-0.4, -0.2) is 329 Å². The number of aliphatic hydroxyl groups excluding tert-OH is 5. The highest BCUT2D eigenvalue weighted by molar-refractivity contribution is 6.13. The van der Waals surface area contributed by atoms with Crippen LogP contribution in [0.15, 0.2) is 103 Å². The Hall–Kier alpha value is -12.3. The fraction of sp³-hybridized carbons (Fsp3) is 0.522. The Morgan fingerprint density at radius 1 is 0.511 bits per heavy atom. The summed E-state index contributed by atoms with van der Waals surface area (Å²) >= 11 is 0. The normalized spacial score (nSPS) is 20.0. The third kappa shape index (κ3) is 28.2. The van der Waals surface area contributed by atoms with Gasteiger partial charge in [0.25, 0.3) is 23.6 Å². The molecule has 5 aromatic carbocycles. The number of fused-ring (bicyclic) bond motifs is 4. The van der Waals surface area contributed by atoms with E-state index in [0.29, 0.717) is 121 Å². The van der Waals surface area contributed by atoms with Crippen LogP contribution in [0.5, 0.6) is 28.7 Å². The van der Waals surface area contributed by atoms with Gasteiger partial charge in [-0.2, -0.15) is 0 Å². The van der Waals surface area contributed by atoms with E-state index in [1.807, 2.05) is 0 Å². The minimum atomic E-state index is -2.07. The molecule has 11 atom stereocenters. The van der Waals surface area contributed by atoms with E-state index < -0.39 is 150 Å². The molecule has 6 heterocycles. The van der Waals surface area contributed by atoms with E-state index in [1.165, 1.54) is 73.4 Å². The molecule has 11 rings (SSSR count). The Balaban J connectivity index is 0.585. The molecule has 0 spiro atoms. The van der Waals surface area contributed by atoms with Gasteiger partial charge >= 0.3 is 23.8 Å². The van der Waals surface area contributed by atoms with Crippen molar-refractivity contribution >= 4 is 88.2 Å². The summed E-state index contributed by atoms with van der Waals surface area (Å²) in [6.07, 6.45) is -11.7. The van der Waals surface area contributed by atoms with Crippen LogP contribution in [-0.2, 0) is 112 Å². The van der Waals surface area contributed by atoms with Crippen LogP contribution in [0.1, 0.15) is 102 Å². The number of carboxylic acids is 1. The number of methoxy groups -OCH3 is 2. The van der Waals surface area contributed by atoms with Crippen LogP contribution < -0.4 is 54.8 Å². The molecule has 10 amide bonds. The van der Waals surface area contributed by atoms with Crippen molar-refractivity contribution in [3.8, 4) is 28.7 Å². The van der Waals surface area contributed by atoms with Gasteiger partial charge in [-0.1, -0.05) is 50.2 Å². The molecule has 0 radical (unpaired) electrons. The molecule has 3 fully saturated rings. The smallest absolute Gasteiger partial charge is 0.416 e. The molecule has 10 N–H and O–H groups in total. The Morgan fingerprint density at radius 2 is 0.978 bits per heavy atom. The van der Waals surface area contributed by atoms with Crippen LogP contribution in [0, 0.1) is 16.0 Å². The second-order valence-corrected chi connectivity index (χ2v) is 32.1. The third-order valence-electron chi connectivity index (χ3n) is 22.4. The zero-order chi connectivity index (χ0) is 96.8. The van der Waals surface area contributed by atoms with E-state index in [1.54, 1.807) is 62.4 Å². The van der Waals surface area contributed by atoms with Crippen molar-refractivity contribution in [1.29, 1.82) is 0 Å². The van der Waals surface area contributed by atoms with Gasteiger partial charge in [0, 0.05) is 75.1 Å². The Bertz CT molecular complexity index is 4950. The first-order valence-corrected chi connectivity index (χ1v) is 44.0. The van der Waals surface area contributed by atoms with Gasteiger partial charge in [0.15, 0.2) is 47.3 Å². The van der Waals surface area contributed by atoms with Gasteiger partial charge in [0.2, 0.25) is 29.9 Å². The predicted octanol–water partition coefficient (Wildman–Crippen LogP) is 2.74. The molecule has 3 saturated heterocycles. The summed E-state index contributed by atoms with van der Waals surface area (Å²) in [5.41, 5.74) is 0.947. The minimum Gasteiger partial charge on any atom is -0.493 e. The van der Waals surface area contributed by atoms with Crippen molar-refractivity contribution in [2.45, 2.75) is 153 Å². The number of amides is 10. The quantitative estimate of drug-likeness (QED) is 0.0116. The van der Waals surface area contributed by atoms with E-state index in [4.69, 9.17) is 75.8 Å². The minimum absolute atomic E-state index is 0.00289. The molecule has 0 unspecified atom stereocenters. The van der Waals surface area contributed by atoms with Crippen LogP contribution >= 0.6 is 0 Å². The van der Waals surface area contributed by atoms with Gasteiger partial charge < -0.3 is 137 Å². The lowest BCUT2D eigenvalue weighted by Gasteiger charge is -2.38. The van der Waals surface area contributed by atoms with Crippen LogP contribution in [0.25, 0.3) is 0 Å². The number of carbonyl (C=O) groups excluding carboxylic acids is 10. The Kier molecular flexibility index (Phi) is 38.8. The Morgan fingerprint density at radius 3 is 1.45 bits per heavy atom. The first-order chi connectivity index (χ1) is 65.0. The number of nitro groups is 1. The molecule has 0 bridgehead atoms. The van der Waals surface area contributed by atoms with Crippen molar-refractivity contribution in [3.05, 3.63) is 147 Å². The number of aliphatic carboxylic acids is 1. The number of carbonyl (C=O) groups is 11. The SMILES string of the molecule is COc1cc2c(cc1OCc1cccc(COc3cc4c(cc3OC)C(=O)N3CCC[C@H]3[C@H](O)N4C(=O)OCc3ccc(O[C@@H]4O[C@H](C(=O)O)[C@@H](O)[C@H](O)[C@H]4O)c([N+](=O)[O-])c3)c1)N(C(=O)OCc1ccc(NC(=O)[C@H](C)NC(=O)[C@@H](NC(=O)CCOCCOCCOCCOCCOCCOCCOCCOCCNC(=O)CCN3C(=O)C=CC3=O)C(C)C)cc1)[C@@H](O)[C@@H]1CCCN1C2=O. The number of benzene rings is 5. The lowest BCUT2D eigenvalue weighted by Crippen LogP contribution is -2.61. The summed E-state index contributed by atoms with van der Waals surface area (Å²) < 4.78 is 90.4. The van der Waals surface area contributed by atoms with Crippen LogP contribution in [0.2, 0.25) is 0 Å². The first kappa shape index (κ1) is 103. The summed E-state index contributed by atoms with van der Waals surface area (Å²) in [5.74, 6) is -6.15. The number of imide groups is 1. The third-order valence-corrected chi connectivity index (χ3v) is 22.4. The standard InChI is InChI=1S/C90H114N10O35/c1-53(2)76(94-73(102)22-27-122-29-31-124-33-35-126-37-39-128-41-42-129-40-38-127-36-34-125-32-30-123-28-23-91-72(101)21-26-97-74(103)19-20-75(97)104)82(109)92-54(3)81(108)93-59-16-13-55(14-17-59)49-132-89(116)98-64-47-70(68(120-4)45-60(64)83(110)95-24-7-11-62(95)85(98)112)130-50-56-9-6-10-57(43-56)51-131-71-48-65-61(46-69(71)121-5)84(111)96-25-8-12-63(96)86(113)99(65)90(117)133-52-58-15-18-67(66(44-58)100(118)119)134-88-79(107)77(105)78(106)80(135-88)87(114)115/h6,9-10,13-20,43-48,53-54,62-63,76-80,85-86,88,105-107,112-113H,7-8,11-12,21-42,49-52H2,1-5H3,(H,91,101)(H,92,109)(H,93,108)(H,94,102)(H,114,115)/t54-,62-,63-,76-,77-,78-,79+,80-,85-,86-,88+/m0/s1. The molecule has 135 heavy (non-hydrogen) atoms. The Labute approximate surface area is 775 Å². The van der Waals surface area contributed by atoms with Crippen molar-refractivity contribution < 1.29 is 164 Å². The van der Waals surface area contributed by atoms with Gasteiger partial charge in [-0.3, -0.25) is 53.4 Å². The van der Waals surface area contributed by atoms with Gasteiger partial charge in [-0.05, 0) is 97.2 Å². The van der Waals surface area contributed by atoms with E-state index in [-0.39, 0.29) is 155 Å². The molecule has 0 aromatic heterocycles. The highest BCUT2D eigenvalue weighted by Crippen LogP contribution is 2.45. The molecule has 734 valence electrons. The maximum Gasteiger partial charge on any atom is 0.416 e. The molecule has 45 nitrogen and oxygen atoms in total. The van der Waals surface area contributed by atoms with Crippen LogP contribution in [0.4, 0.5) is 32.3 Å².